The molecule has 0 atom stereocenters. The van der Waals surface area contributed by atoms with Gasteiger partial charge in [-0.2, -0.15) is 5.10 Å². The number of amides is 1. The standard InChI is InChI=1S/C24H20Cl2N4O2/c1-16-22(23(26)30(29-16)14-17-7-2-3-11-21(17)25)24(31)28-18-9-6-10-20(13-18)32-15-19-8-4-5-12-27-19/h2-13H,14-15H2,1H3,(H,28,31). The van der Waals surface area contributed by atoms with Crippen LogP contribution in [0.25, 0.3) is 0 Å². The number of aryl methyl sites for hydroxylation is 1. The zero-order chi connectivity index (χ0) is 22.5. The first-order chi connectivity index (χ1) is 15.5. The van der Waals surface area contributed by atoms with Gasteiger partial charge in [-0.15, -0.1) is 0 Å². The molecule has 0 aliphatic carbocycles. The summed E-state index contributed by atoms with van der Waals surface area (Å²) in [6.07, 6.45) is 1.72. The van der Waals surface area contributed by atoms with E-state index in [9.17, 15) is 4.79 Å². The Morgan fingerprint density at radius 1 is 1.06 bits per heavy atom. The van der Waals surface area contributed by atoms with Gasteiger partial charge in [-0.1, -0.05) is 53.5 Å². The van der Waals surface area contributed by atoms with Crippen LogP contribution in [0.1, 0.15) is 27.3 Å². The monoisotopic (exact) mass is 466 g/mol. The highest BCUT2D eigenvalue weighted by Crippen LogP contribution is 2.25. The summed E-state index contributed by atoms with van der Waals surface area (Å²) >= 11 is 12.7. The first-order valence-corrected chi connectivity index (χ1v) is 10.7. The molecule has 2 aromatic carbocycles. The van der Waals surface area contributed by atoms with E-state index in [1.165, 1.54) is 0 Å². The van der Waals surface area contributed by atoms with Crippen LogP contribution in [0.5, 0.6) is 5.75 Å². The lowest BCUT2D eigenvalue weighted by Crippen LogP contribution is -2.13. The topological polar surface area (TPSA) is 69.0 Å². The predicted octanol–water partition coefficient (Wildman–Crippen LogP) is 5.77. The van der Waals surface area contributed by atoms with Gasteiger partial charge in [0, 0.05) is 23.0 Å². The van der Waals surface area contributed by atoms with Gasteiger partial charge >= 0.3 is 0 Å². The van der Waals surface area contributed by atoms with Gasteiger partial charge in [0.05, 0.1) is 23.5 Å². The largest absolute Gasteiger partial charge is 0.487 e. The van der Waals surface area contributed by atoms with Crippen molar-refractivity contribution in [3.63, 3.8) is 0 Å². The Kier molecular flexibility index (Phi) is 6.73. The van der Waals surface area contributed by atoms with E-state index in [0.717, 1.165) is 11.3 Å². The summed E-state index contributed by atoms with van der Waals surface area (Å²) in [4.78, 5) is 17.2. The molecule has 0 radical (unpaired) electrons. The van der Waals surface area contributed by atoms with E-state index >= 15 is 0 Å². The lowest BCUT2D eigenvalue weighted by Gasteiger charge is -2.09. The number of pyridine rings is 1. The number of rotatable bonds is 7. The summed E-state index contributed by atoms with van der Waals surface area (Å²) in [5, 5.41) is 8.16. The molecule has 2 aromatic heterocycles. The Morgan fingerprint density at radius 3 is 2.66 bits per heavy atom. The summed E-state index contributed by atoms with van der Waals surface area (Å²) < 4.78 is 7.35. The summed E-state index contributed by atoms with van der Waals surface area (Å²) in [6.45, 7) is 2.44. The quantitative estimate of drug-likeness (QED) is 0.375. The van der Waals surface area contributed by atoms with E-state index in [1.54, 1.807) is 42.1 Å². The molecule has 0 unspecified atom stereocenters. The molecule has 0 aliphatic heterocycles. The zero-order valence-corrected chi connectivity index (χ0v) is 18.8. The molecule has 0 saturated heterocycles. The maximum absolute atomic E-state index is 13.0. The third-order valence-corrected chi connectivity index (χ3v) is 5.53. The Balaban J connectivity index is 1.47. The van der Waals surface area contributed by atoms with Gasteiger partial charge in [0.25, 0.3) is 5.91 Å². The molecule has 1 amide bonds. The fraction of sp³-hybridized carbons (Fsp3) is 0.125. The summed E-state index contributed by atoms with van der Waals surface area (Å²) in [5.74, 6) is 0.269. The van der Waals surface area contributed by atoms with Crippen LogP contribution in [-0.4, -0.2) is 20.7 Å². The third kappa shape index (κ3) is 5.10. The first kappa shape index (κ1) is 21.9. The molecule has 162 valence electrons. The second kappa shape index (κ2) is 9.85. The number of carbonyl (C=O) groups excluding carboxylic acids is 1. The summed E-state index contributed by atoms with van der Waals surface area (Å²) in [6, 6.07) is 20.2. The molecule has 0 saturated carbocycles. The molecule has 0 bridgehead atoms. The Morgan fingerprint density at radius 2 is 1.88 bits per heavy atom. The maximum Gasteiger partial charge on any atom is 0.260 e. The minimum absolute atomic E-state index is 0.252. The molecule has 0 aliphatic rings. The lowest BCUT2D eigenvalue weighted by molar-refractivity contribution is 0.102. The van der Waals surface area contributed by atoms with Crippen molar-refractivity contribution >= 4 is 34.8 Å². The van der Waals surface area contributed by atoms with Crippen molar-refractivity contribution in [1.29, 1.82) is 0 Å². The van der Waals surface area contributed by atoms with Crippen molar-refractivity contribution in [3.05, 3.63) is 106 Å². The second-order valence-corrected chi connectivity index (χ2v) is 7.86. The number of aromatic nitrogens is 3. The number of hydrogen-bond acceptors (Lipinski definition) is 4. The van der Waals surface area contributed by atoms with E-state index in [4.69, 9.17) is 27.9 Å². The van der Waals surface area contributed by atoms with E-state index in [0.29, 0.717) is 40.9 Å². The molecule has 6 nitrogen and oxygen atoms in total. The van der Waals surface area contributed by atoms with Crippen molar-refractivity contribution in [1.82, 2.24) is 14.8 Å². The van der Waals surface area contributed by atoms with Gasteiger partial charge in [0.2, 0.25) is 0 Å². The average molecular weight is 467 g/mol. The molecule has 8 heteroatoms. The number of benzene rings is 2. The van der Waals surface area contributed by atoms with Gasteiger partial charge in [0.1, 0.15) is 17.5 Å². The normalized spacial score (nSPS) is 10.7. The first-order valence-electron chi connectivity index (χ1n) is 9.91. The number of nitrogens with one attached hydrogen (secondary N) is 1. The highest BCUT2D eigenvalue weighted by molar-refractivity contribution is 6.34. The van der Waals surface area contributed by atoms with Crippen LogP contribution in [0, 0.1) is 6.92 Å². The minimum Gasteiger partial charge on any atom is -0.487 e. The lowest BCUT2D eigenvalue weighted by atomic mass is 10.2. The SMILES string of the molecule is Cc1nn(Cc2ccccc2Cl)c(Cl)c1C(=O)Nc1cccc(OCc2ccccn2)c1. The van der Waals surface area contributed by atoms with Crippen molar-refractivity contribution in [2.45, 2.75) is 20.1 Å². The van der Waals surface area contributed by atoms with Crippen LogP contribution in [0.4, 0.5) is 5.69 Å². The highest BCUT2D eigenvalue weighted by Gasteiger charge is 2.21. The molecule has 32 heavy (non-hydrogen) atoms. The third-order valence-electron chi connectivity index (χ3n) is 4.78. The van der Waals surface area contributed by atoms with Crippen LogP contribution in [-0.2, 0) is 13.2 Å². The minimum atomic E-state index is -0.347. The molecule has 4 rings (SSSR count). The molecule has 4 aromatic rings. The molecule has 2 heterocycles. The molecule has 0 spiro atoms. The van der Waals surface area contributed by atoms with Crippen molar-refractivity contribution in [3.8, 4) is 5.75 Å². The number of anilines is 1. The van der Waals surface area contributed by atoms with Crippen LogP contribution < -0.4 is 10.1 Å². The van der Waals surface area contributed by atoms with Gasteiger partial charge in [0.15, 0.2) is 0 Å². The van der Waals surface area contributed by atoms with Crippen LogP contribution >= 0.6 is 23.2 Å². The van der Waals surface area contributed by atoms with E-state index in [1.807, 2.05) is 42.5 Å². The van der Waals surface area contributed by atoms with Crippen LogP contribution in [0.2, 0.25) is 10.2 Å². The van der Waals surface area contributed by atoms with Gasteiger partial charge in [-0.3, -0.25) is 9.78 Å². The number of halogens is 2. The smallest absolute Gasteiger partial charge is 0.260 e. The second-order valence-electron chi connectivity index (χ2n) is 7.09. The fourth-order valence-electron chi connectivity index (χ4n) is 3.20. The molecular weight excluding hydrogens is 447 g/mol. The van der Waals surface area contributed by atoms with E-state index in [-0.39, 0.29) is 11.1 Å². The van der Waals surface area contributed by atoms with Gasteiger partial charge < -0.3 is 10.1 Å². The highest BCUT2D eigenvalue weighted by atomic mass is 35.5. The van der Waals surface area contributed by atoms with Crippen molar-refractivity contribution in [2.24, 2.45) is 0 Å². The predicted molar refractivity (Wildman–Crippen MR) is 125 cm³/mol. The Labute approximate surface area is 195 Å². The van der Waals surface area contributed by atoms with Gasteiger partial charge in [-0.05, 0) is 42.8 Å². The van der Waals surface area contributed by atoms with E-state index in [2.05, 4.69) is 15.4 Å². The molecular formula is C24H20Cl2N4O2. The Bertz CT molecular complexity index is 1240. The van der Waals surface area contributed by atoms with E-state index < -0.39 is 0 Å². The zero-order valence-electron chi connectivity index (χ0n) is 17.3. The fourth-order valence-corrected chi connectivity index (χ4v) is 3.72. The number of carbonyl (C=O) groups is 1. The molecule has 0 fully saturated rings. The summed E-state index contributed by atoms with van der Waals surface area (Å²) in [7, 11) is 0. The van der Waals surface area contributed by atoms with Crippen LogP contribution in [0.3, 0.4) is 0 Å². The molecule has 1 N–H and O–H groups in total. The summed E-state index contributed by atoms with van der Waals surface area (Å²) in [5.41, 5.74) is 3.11. The van der Waals surface area contributed by atoms with Gasteiger partial charge in [-0.25, -0.2) is 4.68 Å². The number of nitrogens with zero attached hydrogens (tertiary/aromatic N) is 3. The number of ether oxygens (including phenoxy) is 1. The average Bonchev–Trinajstić information content (AvgIpc) is 3.07. The Hall–Kier alpha value is -3.35. The number of hydrogen-bond donors (Lipinski definition) is 1. The van der Waals surface area contributed by atoms with Crippen molar-refractivity contribution < 1.29 is 9.53 Å². The van der Waals surface area contributed by atoms with Crippen molar-refractivity contribution in [2.75, 3.05) is 5.32 Å². The van der Waals surface area contributed by atoms with Crippen LogP contribution in [0.15, 0.2) is 72.9 Å². The maximum atomic E-state index is 13.0.